The average Bonchev–Trinajstić information content (AvgIpc) is 3.27. The van der Waals surface area contributed by atoms with Crippen molar-refractivity contribution in [2.24, 2.45) is 5.92 Å². The Hall–Kier alpha value is -5.17. The minimum Gasteiger partial charge on any atom is -0.493 e. The fraction of sp³-hybridized carbons (Fsp3) is 0.511. The summed E-state index contributed by atoms with van der Waals surface area (Å²) in [6, 6.07) is 19.8. The lowest BCUT2D eigenvalue weighted by Crippen LogP contribution is -2.62. The standard InChI is InChI=1S/C47H58N2O14S/c1-26-40(23-49-17-16-35-18-37(55-6)38(56-7)19-36(35)22-49)62-47(63-43(26)33-12-10-32(24-50)11-13-33)34-14-8-31(9-15-34)21-48-42(64)20-39-44(58-28(3)52)46(60-30(5)54)45(59-29(4)53)41(61-39)25-57-27(2)51/h8-15,18-19,26,39-41,43-47,50H,16-17,20-25H2,1-7H3,(H,48,64)/t26-,39-,40+,41+,43+,44-,45+,46+,47?/m0/s1. The van der Waals surface area contributed by atoms with E-state index >= 15 is 0 Å². The molecule has 6 rings (SSSR count). The smallest absolute Gasteiger partial charge is 0.303 e. The summed E-state index contributed by atoms with van der Waals surface area (Å²) in [5.74, 6) is -1.30. The molecule has 0 bridgehead atoms. The summed E-state index contributed by atoms with van der Waals surface area (Å²) in [5.41, 5.74) is 5.97. The van der Waals surface area contributed by atoms with Crippen molar-refractivity contribution in [2.45, 2.75) is 116 Å². The number of ether oxygens (including phenoxy) is 9. The van der Waals surface area contributed by atoms with Crippen LogP contribution in [0.25, 0.3) is 0 Å². The lowest BCUT2D eigenvalue weighted by atomic mass is 9.89. The van der Waals surface area contributed by atoms with Gasteiger partial charge in [-0.05, 0) is 46.4 Å². The monoisotopic (exact) mass is 906 g/mol. The number of thiocarbonyl (C=S) groups is 1. The highest BCUT2D eigenvalue weighted by atomic mass is 32.1. The summed E-state index contributed by atoms with van der Waals surface area (Å²) in [7, 11) is 3.29. The van der Waals surface area contributed by atoms with Crippen molar-refractivity contribution < 1.29 is 66.9 Å². The van der Waals surface area contributed by atoms with Gasteiger partial charge in [0.25, 0.3) is 0 Å². The van der Waals surface area contributed by atoms with Crippen LogP contribution in [0.3, 0.4) is 0 Å². The molecule has 0 spiro atoms. The van der Waals surface area contributed by atoms with Crippen LogP contribution in [-0.2, 0) is 78.5 Å². The number of nitrogens with zero attached hydrogens (tertiary/aromatic N) is 1. The zero-order valence-electron chi connectivity index (χ0n) is 37.2. The van der Waals surface area contributed by atoms with Crippen LogP contribution in [0.2, 0.25) is 0 Å². The molecule has 16 nitrogen and oxygen atoms in total. The number of fused-ring (bicyclic) bond motifs is 1. The van der Waals surface area contributed by atoms with E-state index in [1.54, 1.807) is 14.2 Å². The zero-order valence-corrected chi connectivity index (χ0v) is 38.1. The number of rotatable bonds is 16. The van der Waals surface area contributed by atoms with E-state index in [1.165, 1.54) is 38.8 Å². The molecule has 3 aromatic rings. The number of nitrogens with one attached hydrogen (secondary N) is 1. The summed E-state index contributed by atoms with van der Waals surface area (Å²) in [6.07, 6.45) is -6.05. The molecule has 0 aromatic heterocycles. The second-order valence-electron chi connectivity index (χ2n) is 16.2. The first kappa shape index (κ1) is 48.3. The molecule has 3 aromatic carbocycles. The van der Waals surface area contributed by atoms with Crippen LogP contribution in [0.15, 0.2) is 60.7 Å². The SMILES string of the molecule is COc1cc2c(cc1OC)CN(C[C@H]1OC(c3ccc(CNC(=S)C[C@@H]4O[C@H](COC(C)=O)[C@@H](OC(C)=O)[C@H](OC(C)=O)[C@H]4OC(C)=O)cc3)O[C@@H](c3ccc(CO)cc3)[C@H]1C)CC2. The molecule has 2 fully saturated rings. The Morgan fingerprint density at radius 1 is 0.734 bits per heavy atom. The summed E-state index contributed by atoms with van der Waals surface area (Å²) >= 11 is 5.73. The first-order valence-electron chi connectivity index (χ1n) is 21.3. The second-order valence-corrected chi connectivity index (χ2v) is 16.7. The van der Waals surface area contributed by atoms with Gasteiger partial charge in [0.2, 0.25) is 0 Å². The van der Waals surface area contributed by atoms with Crippen molar-refractivity contribution in [1.29, 1.82) is 0 Å². The summed E-state index contributed by atoms with van der Waals surface area (Å²) in [6.45, 7) is 9.11. The molecule has 3 heterocycles. The number of hydrogen-bond acceptors (Lipinski definition) is 16. The molecule has 3 aliphatic heterocycles. The van der Waals surface area contributed by atoms with Crippen LogP contribution < -0.4 is 14.8 Å². The van der Waals surface area contributed by atoms with Gasteiger partial charge in [-0.3, -0.25) is 24.1 Å². The van der Waals surface area contributed by atoms with Gasteiger partial charge in [-0.25, -0.2) is 0 Å². The van der Waals surface area contributed by atoms with Crippen LogP contribution in [0.4, 0.5) is 0 Å². The van der Waals surface area contributed by atoms with E-state index < -0.39 is 60.7 Å². The highest BCUT2D eigenvalue weighted by Gasteiger charge is 2.52. The number of aliphatic hydroxyl groups is 1. The molecule has 17 heteroatoms. The number of methoxy groups -OCH3 is 2. The minimum absolute atomic E-state index is 0.00473. The van der Waals surface area contributed by atoms with Crippen molar-refractivity contribution in [1.82, 2.24) is 10.2 Å². The molecular formula is C47H58N2O14S. The number of esters is 4. The molecule has 0 radical (unpaired) electrons. The van der Waals surface area contributed by atoms with Crippen LogP contribution in [0.5, 0.6) is 11.5 Å². The molecule has 346 valence electrons. The van der Waals surface area contributed by atoms with E-state index in [1.807, 2.05) is 48.5 Å². The van der Waals surface area contributed by atoms with Crippen LogP contribution in [0.1, 0.15) is 86.8 Å². The fourth-order valence-electron chi connectivity index (χ4n) is 8.41. The van der Waals surface area contributed by atoms with E-state index in [2.05, 4.69) is 29.3 Å². The lowest BCUT2D eigenvalue weighted by Gasteiger charge is -2.44. The molecule has 0 aliphatic carbocycles. The maximum absolute atomic E-state index is 12.3. The van der Waals surface area contributed by atoms with Crippen molar-refractivity contribution in [3.63, 3.8) is 0 Å². The van der Waals surface area contributed by atoms with E-state index in [4.69, 9.17) is 54.8 Å². The predicted octanol–water partition coefficient (Wildman–Crippen LogP) is 4.98. The average molecular weight is 907 g/mol. The first-order chi connectivity index (χ1) is 30.6. The maximum atomic E-state index is 12.3. The molecule has 0 saturated carbocycles. The molecular weight excluding hydrogens is 849 g/mol. The van der Waals surface area contributed by atoms with Crippen LogP contribution in [-0.4, -0.2) is 109 Å². The molecule has 2 N–H and O–H groups in total. The fourth-order valence-corrected chi connectivity index (χ4v) is 8.65. The van der Waals surface area contributed by atoms with Gasteiger partial charge in [0.1, 0.15) is 18.8 Å². The Labute approximate surface area is 378 Å². The first-order valence-corrected chi connectivity index (χ1v) is 21.7. The Morgan fingerprint density at radius 2 is 1.31 bits per heavy atom. The Kier molecular flexibility index (Phi) is 16.7. The summed E-state index contributed by atoms with van der Waals surface area (Å²) in [5, 5.41) is 12.9. The van der Waals surface area contributed by atoms with Gasteiger partial charge in [-0.15, -0.1) is 0 Å². The van der Waals surface area contributed by atoms with Gasteiger partial charge < -0.3 is 53.1 Å². The molecule has 9 atom stereocenters. The van der Waals surface area contributed by atoms with E-state index in [-0.39, 0.29) is 37.8 Å². The van der Waals surface area contributed by atoms with Crippen molar-refractivity contribution >= 4 is 41.1 Å². The number of aliphatic hydroxyl groups excluding tert-OH is 1. The normalized spacial score (nSPS) is 25.5. The van der Waals surface area contributed by atoms with Gasteiger partial charge in [0, 0.05) is 71.8 Å². The predicted molar refractivity (Wildman–Crippen MR) is 234 cm³/mol. The van der Waals surface area contributed by atoms with Crippen molar-refractivity contribution in [3.8, 4) is 11.5 Å². The topological polar surface area (TPSA) is 187 Å². The molecule has 1 unspecified atom stereocenters. The Morgan fingerprint density at radius 3 is 1.91 bits per heavy atom. The van der Waals surface area contributed by atoms with E-state index in [9.17, 15) is 24.3 Å². The number of carbonyl (C=O) groups is 4. The third-order valence-corrected chi connectivity index (χ3v) is 11.9. The maximum Gasteiger partial charge on any atom is 0.303 e. The highest BCUT2D eigenvalue weighted by molar-refractivity contribution is 7.80. The number of hydrogen-bond donors (Lipinski definition) is 2. The minimum atomic E-state index is -1.28. The molecule has 3 aliphatic rings. The largest absolute Gasteiger partial charge is 0.493 e. The van der Waals surface area contributed by atoms with Gasteiger partial charge in [-0.2, -0.15) is 0 Å². The quantitative estimate of drug-likeness (QED) is 0.111. The van der Waals surface area contributed by atoms with Gasteiger partial charge in [-0.1, -0.05) is 67.7 Å². The van der Waals surface area contributed by atoms with Gasteiger partial charge in [0.15, 0.2) is 36.1 Å². The third-order valence-electron chi connectivity index (χ3n) is 11.6. The second kappa shape index (κ2) is 22.1. The van der Waals surface area contributed by atoms with Gasteiger partial charge in [0.05, 0.1) is 38.0 Å². The molecule has 0 amide bonds. The zero-order chi connectivity index (χ0) is 46.1. The van der Waals surface area contributed by atoms with E-state index in [0.717, 1.165) is 47.5 Å². The van der Waals surface area contributed by atoms with E-state index in [0.29, 0.717) is 23.8 Å². The van der Waals surface area contributed by atoms with Crippen LogP contribution >= 0.6 is 12.2 Å². The summed E-state index contributed by atoms with van der Waals surface area (Å²) in [4.78, 5) is 51.1. The number of benzene rings is 3. The molecule has 64 heavy (non-hydrogen) atoms. The van der Waals surface area contributed by atoms with Gasteiger partial charge >= 0.3 is 23.9 Å². The Bertz CT molecular complexity index is 2120. The summed E-state index contributed by atoms with van der Waals surface area (Å²) < 4.78 is 52.7. The molecule has 2 saturated heterocycles. The van der Waals surface area contributed by atoms with Crippen molar-refractivity contribution in [2.75, 3.05) is 33.9 Å². The Balaban J connectivity index is 1.15. The van der Waals surface area contributed by atoms with Crippen molar-refractivity contribution in [3.05, 3.63) is 94.0 Å². The van der Waals surface area contributed by atoms with Crippen LogP contribution in [0, 0.1) is 5.92 Å². The highest BCUT2D eigenvalue weighted by Crippen LogP contribution is 2.43. The lowest BCUT2D eigenvalue weighted by molar-refractivity contribution is -0.276. The number of carbonyl (C=O) groups excluding carboxylic acids is 4. The third kappa shape index (κ3) is 12.3.